The van der Waals surface area contributed by atoms with E-state index in [0.717, 1.165) is 38.9 Å². The van der Waals surface area contributed by atoms with Crippen LogP contribution in [0.3, 0.4) is 0 Å². The molecule has 5 nitrogen and oxygen atoms in total. The standard InChI is InChI=1S/C15H26N2O3/c1-11-10-16(2)8-3-9-17(11)14(18)12-4-6-13(7-5-12)15(19)20/h11-13H,3-10H2,1-2H3,(H,19,20). The van der Waals surface area contributed by atoms with Crippen molar-refractivity contribution in [1.29, 1.82) is 0 Å². The van der Waals surface area contributed by atoms with Gasteiger partial charge in [0.2, 0.25) is 5.91 Å². The number of hydrogen-bond donors (Lipinski definition) is 1. The Balaban J connectivity index is 1.92. The molecule has 1 N–H and O–H groups in total. The Morgan fingerprint density at radius 1 is 1.05 bits per heavy atom. The predicted molar refractivity (Wildman–Crippen MR) is 76.4 cm³/mol. The third-order valence-electron chi connectivity index (χ3n) is 4.76. The van der Waals surface area contributed by atoms with Gasteiger partial charge in [-0.2, -0.15) is 0 Å². The Morgan fingerprint density at radius 3 is 2.25 bits per heavy atom. The van der Waals surface area contributed by atoms with Gasteiger partial charge in [-0.3, -0.25) is 9.59 Å². The quantitative estimate of drug-likeness (QED) is 0.832. The van der Waals surface area contributed by atoms with Crippen molar-refractivity contribution in [2.75, 3.05) is 26.7 Å². The lowest BCUT2D eigenvalue weighted by Gasteiger charge is -2.34. The van der Waals surface area contributed by atoms with E-state index in [9.17, 15) is 9.59 Å². The molecule has 0 bridgehead atoms. The van der Waals surface area contributed by atoms with Gasteiger partial charge in [-0.1, -0.05) is 0 Å². The van der Waals surface area contributed by atoms with Crippen molar-refractivity contribution < 1.29 is 14.7 Å². The largest absolute Gasteiger partial charge is 0.481 e. The van der Waals surface area contributed by atoms with E-state index in [1.807, 2.05) is 4.90 Å². The van der Waals surface area contributed by atoms with Crippen LogP contribution in [0.4, 0.5) is 0 Å². The van der Waals surface area contributed by atoms with Gasteiger partial charge < -0.3 is 14.9 Å². The molecule has 20 heavy (non-hydrogen) atoms. The van der Waals surface area contributed by atoms with Crippen molar-refractivity contribution in [3.63, 3.8) is 0 Å². The summed E-state index contributed by atoms with van der Waals surface area (Å²) in [5.74, 6) is -0.666. The summed E-state index contributed by atoms with van der Waals surface area (Å²) in [6.45, 7) is 4.92. The minimum atomic E-state index is -0.708. The molecule has 1 aliphatic carbocycles. The molecule has 5 heteroatoms. The minimum Gasteiger partial charge on any atom is -0.481 e. The van der Waals surface area contributed by atoms with Crippen molar-refractivity contribution in [3.8, 4) is 0 Å². The average Bonchev–Trinajstić information content (AvgIpc) is 2.58. The van der Waals surface area contributed by atoms with Crippen LogP contribution < -0.4 is 0 Å². The first-order valence-corrected chi connectivity index (χ1v) is 7.71. The summed E-state index contributed by atoms with van der Waals surface area (Å²) in [4.78, 5) is 27.9. The van der Waals surface area contributed by atoms with E-state index >= 15 is 0 Å². The molecule has 1 unspecified atom stereocenters. The number of nitrogens with zero attached hydrogens (tertiary/aromatic N) is 2. The van der Waals surface area contributed by atoms with E-state index in [2.05, 4.69) is 18.9 Å². The maximum absolute atomic E-state index is 12.7. The fourth-order valence-electron chi connectivity index (χ4n) is 3.52. The normalized spacial score (nSPS) is 32.7. The number of likely N-dealkylation sites (N-methyl/N-ethyl adjacent to an activating group) is 1. The lowest BCUT2D eigenvalue weighted by atomic mass is 9.81. The third kappa shape index (κ3) is 3.51. The van der Waals surface area contributed by atoms with Crippen molar-refractivity contribution in [2.45, 2.75) is 45.1 Å². The number of hydrogen-bond acceptors (Lipinski definition) is 3. The molecule has 1 saturated carbocycles. The first-order valence-electron chi connectivity index (χ1n) is 7.71. The maximum Gasteiger partial charge on any atom is 0.306 e. The molecule has 1 heterocycles. The lowest BCUT2D eigenvalue weighted by Crippen LogP contribution is -2.45. The molecule has 0 radical (unpaired) electrons. The number of carboxylic acids is 1. The summed E-state index contributed by atoms with van der Waals surface area (Å²) in [5.41, 5.74) is 0. The second-order valence-electron chi connectivity index (χ2n) is 6.38. The highest BCUT2D eigenvalue weighted by atomic mass is 16.4. The highest BCUT2D eigenvalue weighted by molar-refractivity contribution is 5.80. The molecule has 1 saturated heterocycles. The Hall–Kier alpha value is -1.10. The van der Waals surface area contributed by atoms with Gasteiger partial charge in [-0.25, -0.2) is 0 Å². The molecule has 1 amide bonds. The number of amides is 1. The number of carboxylic acid groups (broad SMARTS) is 1. The van der Waals surface area contributed by atoms with E-state index in [1.165, 1.54) is 0 Å². The Bertz CT molecular complexity index is 364. The molecule has 2 aliphatic rings. The number of carbonyl (C=O) groups excluding carboxylic acids is 1. The maximum atomic E-state index is 12.7. The van der Waals surface area contributed by atoms with E-state index in [1.54, 1.807) is 0 Å². The second kappa shape index (κ2) is 6.57. The summed E-state index contributed by atoms with van der Waals surface area (Å²) in [5, 5.41) is 9.02. The zero-order chi connectivity index (χ0) is 14.7. The average molecular weight is 282 g/mol. The fraction of sp³-hybridized carbons (Fsp3) is 0.867. The summed E-state index contributed by atoms with van der Waals surface area (Å²) in [6, 6.07) is 0.257. The SMILES string of the molecule is CC1CN(C)CCCN1C(=O)C1CCC(C(=O)O)CC1. The summed E-state index contributed by atoms with van der Waals surface area (Å²) in [7, 11) is 2.10. The molecule has 1 atom stereocenters. The number of carbonyl (C=O) groups is 2. The predicted octanol–water partition coefficient (Wildman–Crippen LogP) is 1.43. The van der Waals surface area contributed by atoms with Gasteiger partial charge in [0.05, 0.1) is 5.92 Å². The third-order valence-corrected chi connectivity index (χ3v) is 4.76. The van der Waals surface area contributed by atoms with Crippen LogP contribution in [-0.2, 0) is 9.59 Å². The molecule has 1 aliphatic heterocycles. The van der Waals surface area contributed by atoms with Gasteiger partial charge >= 0.3 is 5.97 Å². The molecular formula is C15H26N2O3. The van der Waals surface area contributed by atoms with Crippen LogP contribution in [0.25, 0.3) is 0 Å². The number of rotatable bonds is 2. The minimum absolute atomic E-state index is 0.0384. The number of aliphatic carboxylic acids is 1. The van der Waals surface area contributed by atoms with Gasteiger partial charge in [0.25, 0.3) is 0 Å². The van der Waals surface area contributed by atoms with Crippen molar-refractivity contribution in [2.24, 2.45) is 11.8 Å². The van der Waals surface area contributed by atoms with Gasteiger partial charge in [0.15, 0.2) is 0 Å². The van der Waals surface area contributed by atoms with E-state index in [0.29, 0.717) is 12.8 Å². The smallest absolute Gasteiger partial charge is 0.306 e. The van der Waals surface area contributed by atoms with Crippen molar-refractivity contribution in [1.82, 2.24) is 9.80 Å². The summed E-state index contributed by atoms with van der Waals surface area (Å²) in [6.07, 6.45) is 3.78. The van der Waals surface area contributed by atoms with Crippen LogP contribution in [0.1, 0.15) is 39.0 Å². The summed E-state index contributed by atoms with van der Waals surface area (Å²) >= 11 is 0. The van der Waals surface area contributed by atoms with Crippen LogP contribution in [0, 0.1) is 11.8 Å². The lowest BCUT2D eigenvalue weighted by molar-refractivity contribution is -0.146. The Kier molecular flexibility index (Phi) is 5.02. The van der Waals surface area contributed by atoms with E-state index in [4.69, 9.17) is 5.11 Å². The highest BCUT2D eigenvalue weighted by Crippen LogP contribution is 2.31. The monoisotopic (exact) mass is 282 g/mol. The molecule has 2 rings (SSSR count). The molecular weight excluding hydrogens is 256 g/mol. The summed E-state index contributed by atoms with van der Waals surface area (Å²) < 4.78 is 0. The molecule has 2 fully saturated rings. The Morgan fingerprint density at radius 2 is 1.65 bits per heavy atom. The molecule has 0 aromatic heterocycles. The zero-order valence-electron chi connectivity index (χ0n) is 12.5. The first-order chi connectivity index (χ1) is 9.49. The van der Waals surface area contributed by atoms with E-state index in [-0.39, 0.29) is 23.8 Å². The van der Waals surface area contributed by atoms with Gasteiger partial charge in [0.1, 0.15) is 0 Å². The van der Waals surface area contributed by atoms with Crippen LogP contribution >= 0.6 is 0 Å². The second-order valence-corrected chi connectivity index (χ2v) is 6.38. The molecule has 0 aromatic carbocycles. The molecule has 114 valence electrons. The molecule has 0 spiro atoms. The molecule has 0 aromatic rings. The van der Waals surface area contributed by atoms with Crippen LogP contribution in [-0.4, -0.2) is 59.5 Å². The first kappa shape index (κ1) is 15.3. The van der Waals surface area contributed by atoms with E-state index < -0.39 is 5.97 Å². The van der Waals surface area contributed by atoms with Gasteiger partial charge in [-0.15, -0.1) is 0 Å². The Labute approximate surface area is 120 Å². The fourth-order valence-corrected chi connectivity index (χ4v) is 3.52. The highest BCUT2D eigenvalue weighted by Gasteiger charge is 2.34. The van der Waals surface area contributed by atoms with Crippen molar-refractivity contribution >= 4 is 11.9 Å². The zero-order valence-corrected chi connectivity index (χ0v) is 12.5. The van der Waals surface area contributed by atoms with Crippen molar-refractivity contribution in [3.05, 3.63) is 0 Å². The topological polar surface area (TPSA) is 60.9 Å². The van der Waals surface area contributed by atoms with Gasteiger partial charge in [0, 0.05) is 25.0 Å². The van der Waals surface area contributed by atoms with Crippen LogP contribution in [0.5, 0.6) is 0 Å². The van der Waals surface area contributed by atoms with Gasteiger partial charge in [-0.05, 0) is 52.6 Å². The van der Waals surface area contributed by atoms with Crippen LogP contribution in [0.15, 0.2) is 0 Å². The van der Waals surface area contributed by atoms with Crippen LogP contribution in [0.2, 0.25) is 0 Å².